The number of hydrogen-bond acceptors (Lipinski definition) is 5. The topological polar surface area (TPSA) is 79.8 Å². The molecule has 29 heavy (non-hydrogen) atoms. The predicted molar refractivity (Wildman–Crippen MR) is 110 cm³/mol. The lowest BCUT2D eigenvalue weighted by Crippen LogP contribution is -2.43. The summed E-state index contributed by atoms with van der Waals surface area (Å²) in [5, 5.41) is 1.45. The van der Waals surface area contributed by atoms with Gasteiger partial charge in [-0.15, -0.1) is 0 Å². The van der Waals surface area contributed by atoms with E-state index in [4.69, 9.17) is 16.3 Å². The number of sulfonamides is 1. The van der Waals surface area contributed by atoms with Crippen molar-refractivity contribution in [3.8, 4) is 0 Å². The molecule has 7 nitrogen and oxygen atoms in total. The second kappa shape index (κ2) is 7.11. The highest BCUT2D eigenvalue weighted by Gasteiger charge is 2.48. The Labute approximate surface area is 175 Å². The summed E-state index contributed by atoms with van der Waals surface area (Å²) in [4.78, 5) is 18.4. The molecule has 1 aromatic heterocycles. The van der Waals surface area contributed by atoms with Gasteiger partial charge in [0.05, 0.1) is 16.0 Å². The van der Waals surface area contributed by atoms with Crippen molar-refractivity contribution in [2.24, 2.45) is 5.92 Å². The molecule has 4 rings (SSSR count). The van der Waals surface area contributed by atoms with E-state index in [2.05, 4.69) is 4.98 Å². The summed E-state index contributed by atoms with van der Waals surface area (Å²) in [6.45, 7) is 6.69. The molecule has 9 heteroatoms. The van der Waals surface area contributed by atoms with Gasteiger partial charge in [0.2, 0.25) is 10.0 Å². The van der Waals surface area contributed by atoms with Gasteiger partial charge in [-0.05, 0) is 39.2 Å². The van der Waals surface area contributed by atoms with Gasteiger partial charge < -0.3 is 9.64 Å². The van der Waals surface area contributed by atoms with E-state index >= 15 is 0 Å². The van der Waals surface area contributed by atoms with Gasteiger partial charge >= 0.3 is 6.09 Å². The Morgan fingerprint density at radius 1 is 1.24 bits per heavy atom. The molecule has 2 unspecified atom stereocenters. The lowest BCUT2D eigenvalue weighted by atomic mass is 10.1. The molecule has 3 heterocycles. The van der Waals surface area contributed by atoms with Crippen LogP contribution in [0.5, 0.6) is 0 Å². The van der Waals surface area contributed by atoms with Crippen LogP contribution in [0.3, 0.4) is 0 Å². The van der Waals surface area contributed by atoms with Crippen molar-refractivity contribution >= 4 is 38.5 Å². The highest BCUT2D eigenvalue weighted by atomic mass is 35.5. The molecule has 0 spiro atoms. The third kappa shape index (κ3) is 3.69. The smallest absolute Gasteiger partial charge is 0.410 e. The molecule has 2 saturated heterocycles. The first-order chi connectivity index (χ1) is 13.6. The standard InChI is InChI=1S/C20H24ClN3O4S/c1-20(2,3)28-19(25)24-8-7-14-11-23(12-16(14)24)29(26,27)17-6-4-5-13-9-22-10-15(21)18(13)17/h4-6,9-10,14,16H,7-8,11-12H2,1-3H3. The number of likely N-dealkylation sites (tertiary alicyclic amines) is 1. The van der Waals surface area contributed by atoms with Gasteiger partial charge in [0, 0.05) is 42.8 Å². The zero-order valence-corrected chi connectivity index (χ0v) is 18.2. The Morgan fingerprint density at radius 2 is 2.00 bits per heavy atom. The van der Waals surface area contributed by atoms with Crippen LogP contribution in [0.4, 0.5) is 4.79 Å². The van der Waals surface area contributed by atoms with E-state index in [9.17, 15) is 13.2 Å². The van der Waals surface area contributed by atoms with Crippen molar-refractivity contribution in [2.75, 3.05) is 19.6 Å². The maximum Gasteiger partial charge on any atom is 0.410 e. The van der Waals surface area contributed by atoms with Crippen LogP contribution in [0.25, 0.3) is 10.8 Å². The molecule has 0 N–H and O–H groups in total. The lowest BCUT2D eigenvalue weighted by molar-refractivity contribution is 0.0223. The number of hydrogen-bond donors (Lipinski definition) is 0. The molecule has 1 aromatic carbocycles. The summed E-state index contributed by atoms with van der Waals surface area (Å²) in [7, 11) is -3.77. The lowest BCUT2D eigenvalue weighted by Gasteiger charge is -2.28. The first kappa shape index (κ1) is 20.4. The van der Waals surface area contributed by atoms with Crippen LogP contribution >= 0.6 is 11.6 Å². The average Bonchev–Trinajstić information content (AvgIpc) is 3.21. The van der Waals surface area contributed by atoms with Crippen molar-refractivity contribution in [1.29, 1.82) is 0 Å². The van der Waals surface area contributed by atoms with E-state index < -0.39 is 15.6 Å². The van der Waals surface area contributed by atoms with E-state index in [1.54, 1.807) is 29.3 Å². The number of nitrogens with zero attached hydrogens (tertiary/aromatic N) is 3. The molecular formula is C20H24ClN3O4S. The molecule has 1 amide bonds. The Kier molecular flexibility index (Phi) is 4.99. The third-order valence-corrected chi connectivity index (χ3v) is 7.62. The summed E-state index contributed by atoms with van der Waals surface area (Å²) < 4.78 is 33.9. The number of pyridine rings is 1. The number of aromatic nitrogens is 1. The first-order valence-electron chi connectivity index (χ1n) is 9.60. The number of rotatable bonds is 2. The van der Waals surface area contributed by atoms with Crippen molar-refractivity contribution < 1.29 is 17.9 Å². The summed E-state index contributed by atoms with van der Waals surface area (Å²) in [5.74, 6) is 0.101. The van der Waals surface area contributed by atoms with Crippen LogP contribution in [-0.4, -0.2) is 60.0 Å². The molecule has 2 aliphatic heterocycles. The summed E-state index contributed by atoms with van der Waals surface area (Å²) in [5.41, 5.74) is -0.590. The Bertz CT molecular complexity index is 1060. The Morgan fingerprint density at radius 3 is 2.72 bits per heavy atom. The first-order valence-corrected chi connectivity index (χ1v) is 11.4. The van der Waals surface area contributed by atoms with Crippen LogP contribution in [0.15, 0.2) is 35.5 Å². The largest absolute Gasteiger partial charge is 0.444 e. The summed E-state index contributed by atoms with van der Waals surface area (Å²) in [6, 6.07) is 4.88. The van der Waals surface area contributed by atoms with Crippen molar-refractivity contribution in [2.45, 2.75) is 43.7 Å². The molecule has 156 valence electrons. The fourth-order valence-corrected chi connectivity index (χ4v) is 6.25. The van der Waals surface area contributed by atoms with Gasteiger partial charge in [-0.2, -0.15) is 4.31 Å². The number of fused-ring (bicyclic) bond motifs is 2. The number of amides is 1. The van der Waals surface area contributed by atoms with Gasteiger partial charge in [-0.3, -0.25) is 4.98 Å². The fourth-order valence-electron chi connectivity index (χ4n) is 4.18. The van der Waals surface area contributed by atoms with Gasteiger partial charge in [0.15, 0.2) is 0 Å². The van der Waals surface area contributed by atoms with Crippen LogP contribution in [-0.2, 0) is 14.8 Å². The van der Waals surface area contributed by atoms with Gasteiger partial charge in [-0.25, -0.2) is 13.2 Å². The SMILES string of the molecule is CC(C)(C)OC(=O)N1CCC2CN(S(=O)(=O)c3cccc4cncc(Cl)c34)CC21. The zero-order chi connectivity index (χ0) is 21.0. The number of carbonyl (C=O) groups excluding carboxylic acids is 1. The van der Waals surface area contributed by atoms with Gasteiger partial charge in [-0.1, -0.05) is 23.7 Å². The van der Waals surface area contributed by atoms with E-state index in [1.165, 1.54) is 10.5 Å². The second-order valence-corrected chi connectivity index (χ2v) is 10.9. The quantitative estimate of drug-likeness (QED) is 0.718. The molecule has 0 bridgehead atoms. The van der Waals surface area contributed by atoms with E-state index in [1.807, 2.05) is 20.8 Å². The van der Waals surface area contributed by atoms with E-state index in [0.29, 0.717) is 28.9 Å². The van der Waals surface area contributed by atoms with Crippen LogP contribution in [0, 0.1) is 5.92 Å². The maximum absolute atomic E-state index is 13.4. The number of ether oxygens (including phenoxy) is 1. The highest BCUT2D eigenvalue weighted by molar-refractivity contribution is 7.89. The Hall–Kier alpha value is -1.90. The van der Waals surface area contributed by atoms with Crippen molar-refractivity contribution in [1.82, 2.24) is 14.2 Å². The minimum Gasteiger partial charge on any atom is -0.444 e. The molecule has 0 aliphatic carbocycles. The number of benzene rings is 1. The van der Waals surface area contributed by atoms with Crippen LogP contribution in [0.2, 0.25) is 5.02 Å². The molecule has 2 fully saturated rings. The number of halogens is 1. The van der Waals surface area contributed by atoms with Crippen LogP contribution < -0.4 is 0 Å². The van der Waals surface area contributed by atoms with Crippen molar-refractivity contribution in [3.63, 3.8) is 0 Å². The normalized spacial score (nSPS) is 22.8. The van der Waals surface area contributed by atoms with E-state index in [0.717, 1.165) is 6.42 Å². The molecular weight excluding hydrogens is 414 g/mol. The fraction of sp³-hybridized carbons (Fsp3) is 0.500. The molecule has 0 radical (unpaired) electrons. The average molecular weight is 438 g/mol. The monoisotopic (exact) mass is 437 g/mol. The highest BCUT2D eigenvalue weighted by Crippen LogP contribution is 2.37. The summed E-state index contributed by atoms with van der Waals surface area (Å²) >= 11 is 6.28. The number of carbonyl (C=O) groups is 1. The van der Waals surface area contributed by atoms with Crippen molar-refractivity contribution in [3.05, 3.63) is 35.6 Å². The second-order valence-electron chi connectivity index (χ2n) is 8.59. The Balaban J connectivity index is 1.62. The third-order valence-electron chi connectivity index (χ3n) is 5.46. The van der Waals surface area contributed by atoms with Gasteiger partial charge in [0.25, 0.3) is 0 Å². The summed E-state index contributed by atoms with van der Waals surface area (Å²) in [6.07, 6.45) is 3.43. The van der Waals surface area contributed by atoms with Gasteiger partial charge in [0.1, 0.15) is 5.60 Å². The maximum atomic E-state index is 13.4. The molecule has 2 aliphatic rings. The molecule has 0 saturated carbocycles. The predicted octanol–water partition coefficient (Wildman–Crippen LogP) is 3.52. The molecule has 2 aromatic rings. The minimum atomic E-state index is -3.77. The molecule has 2 atom stereocenters. The van der Waals surface area contributed by atoms with Crippen LogP contribution in [0.1, 0.15) is 27.2 Å². The van der Waals surface area contributed by atoms with E-state index in [-0.39, 0.29) is 29.5 Å². The minimum absolute atomic E-state index is 0.101. The zero-order valence-electron chi connectivity index (χ0n) is 16.6.